The molecule has 0 bridgehead atoms. The topological polar surface area (TPSA) is 56.1 Å². The zero-order valence-corrected chi connectivity index (χ0v) is 16.1. The molecule has 1 aromatic carbocycles. The summed E-state index contributed by atoms with van der Waals surface area (Å²) < 4.78 is 7.26. The molecule has 1 fully saturated rings. The monoisotopic (exact) mass is 383 g/mol. The van der Waals surface area contributed by atoms with Crippen LogP contribution in [0.3, 0.4) is 0 Å². The smallest absolute Gasteiger partial charge is 0.130 e. The van der Waals surface area contributed by atoms with Crippen molar-refractivity contribution in [3.8, 4) is 16.9 Å². The summed E-state index contributed by atoms with van der Waals surface area (Å²) in [5.74, 6) is 0.859. The summed E-state index contributed by atoms with van der Waals surface area (Å²) in [6, 6.07) is 9.57. The van der Waals surface area contributed by atoms with Crippen LogP contribution in [0.5, 0.6) is 0 Å². The van der Waals surface area contributed by atoms with Crippen molar-refractivity contribution in [2.24, 2.45) is 0 Å². The minimum Gasteiger partial charge on any atom is -0.379 e. The van der Waals surface area contributed by atoms with E-state index in [4.69, 9.17) is 21.3 Å². The molecule has 4 rings (SSSR count). The Labute approximate surface area is 163 Å². The molecule has 0 N–H and O–H groups in total. The number of rotatable bonds is 5. The summed E-state index contributed by atoms with van der Waals surface area (Å²) in [7, 11) is 0. The molecule has 3 heterocycles. The molecule has 0 saturated carbocycles. The van der Waals surface area contributed by atoms with Crippen LogP contribution in [0, 0.1) is 6.92 Å². The number of morpholine rings is 1. The maximum Gasteiger partial charge on any atom is 0.130 e. The number of aryl methyl sites for hydroxylation is 1. The summed E-state index contributed by atoms with van der Waals surface area (Å²) in [5, 5.41) is 5.34. The average Bonchev–Trinajstić information content (AvgIpc) is 3.10. The Balaban J connectivity index is 1.52. The lowest BCUT2D eigenvalue weighted by molar-refractivity contribution is 0.0382. The molecule has 0 atom stereocenters. The van der Waals surface area contributed by atoms with Crippen molar-refractivity contribution in [3.05, 3.63) is 59.3 Å². The maximum absolute atomic E-state index is 5.98. The summed E-state index contributed by atoms with van der Waals surface area (Å²) >= 11 is 5.98. The van der Waals surface area contributed by atoms with Gasteiger partial charge in [0.15, 0.2) is 0 Å². The molecule has 1 aliphatic rings. The number of halogens is 1. The molecule has 7 heteroatoms. The Hall–Kier alpha value is -2.28. The molecule has 0 radical (unpaired) electrons. The predicted octanol–water partition coefficient (Wildman–Crippen LogP) is 3.17. The van der Waals surface area contributed by atoms with E-state index in [1.165, 1.54) is 0 Å². The molecule has 0 unspecified atom stereocenters. The van der Waals surface area contributed by atoms with Crippen molar-refractivity contribution in [3.63, 3.8) is 0 Å². The summed E-state index contributed by atoms with van der Waals surface area (Å²) in [6.45, 7) is 6.53. The zero-order valence-electron chi connectivity index (χ0n) is 15.3. The first-order valence-electron chi connectivity index (χ1n) is 9.14. The highest BCUT2D eigenvalue weighted by atomic mass is 35.5. The molecule has 2 aromatic heterocycles. The number of aromatic nitrogens is 4. The molecule has 3 aromatic rings. The van der Waals surface area contributed by atoms with Crippen LogP contribution in [-0.2, 0) is 11.2 Å². The Morgan fingerprint density at radius 3 is 2.67 bits per heavy atom. The lowest BCUT2D eigenvalue weighted by atomic mass is 10.2. The second-order valence-electron chi connectivity index (χ2n) is 6.61. The number of benzene rings is 1. The summed E-state index contributed by atoms with van der Waals surface area (Å²) in [6.07, 6.45) is 4.67. The van der Waals surface area contributed by atoms with Crippen LogP contribution >= 0.6 is 11.6 Å². The van der Waals surface area contributed by atoms with E-state index in [1.54, 1.807) is 0 Å². The fourth-order valence-corrected chi connectivity index (χ4v) is 3.32. The minimum atomic E-state index is 0.712. The van der Waals surface area contributed by atoms with Gasteiger partial charge >= 0.3 is 0 Å². The van der Waals surface area contributed by atoms with E-state index in [1.807, 2.05) is 54.3 Å². The average molecular weight is 384 g/mol. The van der Waals surface area contributed by atoms with Crippen molar-refractivity contribution in [2.45, 2.75) is 13.3 Å². The van der Waals surface area contributed by atoms with E-state index in [2.05, 4.69) is 15.0 Å². The van der Waals surface area contributed by atoms with Crippen LogP contribution in [0.25, 0.3) is 16.9 Å². The lowest BCUT2D eigenvalue weighted by Gasteiger charge is -2.26. The van der Waals surface area contributed by atoms with Crippen LogP contribution in [0.4, 0.5) is 0 Å². The number of ether oxygens (including phenoxy) is 1. The normalized spacial score (nSPS) is 15.2. The van der Waals surface area contributed by atoms with Gasteiger partial charge in [0.2, 0.25) is 0 Å². The third-order valence-electron chi connectivity index (χ3n) is 4.73. The molecular formula is C20H22ClN5O. The predicted molar refractivity (Wildman–Crippen MR) is 105 cm³/mol. The molecule has 0 aliphatic carbocycles. The highest BCUT2D eigenvalue weighted by molar-refractivity contribution is 6.30. The first kappa shape index (κ1) is 18.1. The van der Waals surface area contributed by atoms with Gasteiger partial charge in [-0.15, -0.1) is 0 Å². The van der Waals surface area contributed by atoms with Crippen molar-refractivity contribution < 1.29 is 4.74 Å². The Bertz CT molecular complexity index is 903. The first-order valence-corrected chi connectivity index (χ1v) is 9.51. The van der Waals surface area contributed by atoms with E-state index >= 15 is 0 Å². The quantitative estimate of drug-likeness (QED) is 0.677. The molecule has 27 heavy (non-hydrogen) atoms. The van der Waals surface area contributed by atoms with Crippen LogP contribution in [0.2, 0.25) is 5.02 Å². The van der Waals surface area contributed by atoms with Crippen molar-refractivity contribution >= 4 is 11.6 Å². The van der Waals surface area contributed by atoms with Crippen LogP contribution in [0.15, 0.2) is 42.7 Å². The van der Waals surface area contributed by atoms with Gasteiger partial charge < -0.3 is 4.74 Å². The minimum absolute atomic E-state index is 0.712. The molecular weight excluding hydrogens is 362 g/mol. The second kappa shape index (κ2) is 8.17. The molecule has 0 amide bonds. The fourth-order valence-electron chi connectivity index (χ4n) is 3.19. The van der Waals surface area contributed by atoms with Crippen LogP contribution in [-0.4, -0.2) is 57.5 Å². The van der Waals surface area contributed by atoms with Gasteiger partial charge in [-0.1, -0.05) is 11.6 Å². The van der Waals surface area contributed by atoms with Gasteiger partial charge in [0, 0.05) is 49.0 Å². The van der Waals surface area contributed by atoms with Gasteiger partial charge in [0.25, 0.3) is 0 Å². The Kier molecular flexibility index (Phi) is 5.48. The largest absolute Gasteiger partial charge is 0.379 e. The van der Waals surface area contributed by atoms with Crippen LogP contribution in [0.1, 0.15) is 11.5 Å². The third kappa shape index (κ3) is 4.35. The molecule has 1 saturated heterocycles. The van der Waals surface area contributed by atoms with E-state index in [-0.39, 0.29) is 0 Å². The number of hydrogen-bond acceptors (Lipinski definition) is 5. The third-order valence-corrected chi connectivity index (χ3v) is 4.98. The standard InChI is InChI=1S/C20H22ClN5O/c1-15-18(14-26(24-15)17-4-2-16(21)3-5-17)19-6-8-22-20(23-19)7-9-25-10-12-27-13-11-25/h2-6,8,14H,7,9-13H2,1H3. The summed E-state index contributed by atoms with van der Waals surface area (Å²) in [4.78, 5) is 11.6. The number of nitrogens with zero attached hydrogens (tertiary/aromatic N) is 5. The Morgan fingerprint density at radius 1 is 1.11 bits per heavy atom. The van der Waals surface area contributed by atoms with Gasteiger partial charge in [-0.05, 0) is 37.3 Å². The van der Waals surface area contributed by atoms with Crippen LogP contribution < -0.4 is 0 Å². The molecule has 1 aliphatic heterocycles. The van der Waals surface area contributed by atoms with Crippen molar-refractivity contribution in [1.82, 2.24) is 24.6 Å². The zero-order chi connectivity index (χ0) is 18.6. The number of hydrogen-bond donors (Lipinski definition) is 0. The fraction of sp³-hybridized carbons (Fsp3) is 0.350. The molecule has 0 spiro atoms. The highest BCUT2D eigenvalue weighted by Crippen LogP contribution is 2.23. The van der Waals surface area contributed by atoms with E-state index in [9.17, 15) is 0 Å². The van der Waals surface area contributed by atoms with E-state index in [0.717, 1.165) is 67.7 Å². The first-order chi connectivity index (χ1) is 13.2. The maximum atomic E-state index is 5.98. The van der Waals surface area contributed by atoms with Crippen molar-refractivity contribution in [2.75, 3.05) is 32.8 Å². The van der Waals surface area contributed by atoms with Gasteiger partial charge in [0.05, 0.1) is 30.3 Å². The lowest BCUT2D eigenvalue weighted by Crippen LogP contribution is -2.37. The van der Waals surface area contributed by atoms with Gasteiger partial charge in [0.1, 0.15) is 5.82 Å². The summed E-state index contributed by atoms with van der Waals surface area (Å²) in [5.41, 5.74) is 3.82. The second-order valence-corrected chi connectivity index (χ2v) is 7.05. The van der Waals surface area contributed by atoms with E-state index < -0.39 is 0 Å². The van der Waals surface area contributed by atoms with E-state index in [0.29, 0.717) is 5.02 Å². The highest BCUT2D eigenvalue weighted by Gasteiger charge is 2.13. The molecule has 140 valence electrons. The van der Waals surface area contributed by atoms with Gasteiger partial charge in [-0.2, -0.15) is 5.10 Å². The van der Waals surface area contributed by atoms with Gasteiger partial charge in [-0.25, -0.2) is 14.6 Å². The SMILES string of the molecule is Cc1nn(-c2ccc(Cl)cc2)cc1-c1ccnc(CCN2CCOCC2)n1. The van der Waals surface area contributed by atoms with Gasteiger partial charge in [-0.3, -0.25) is 4.90 Å². The Morgan fingerprint density at radius 2 is 1.89 bits per heavy atom. The van der Waals surface area contributed by atoms with Crippen molar-refractivity contribution in [1.29, 1.82) is 0 Å². The molecule has 6 nitrogen and oxygen atoms in total.